The molecule has 0 unspecified atom stereocenters. The molecule has 302 valence electrons. The van der Waals surface area contributed by atoms with Crippen molar-refractivity contribution in [1.29, 1.82) is 10.8 Å². The maximum absolute atomic E-state index is 15.0. The number of carbonyl (C=O) groups is 4. The highest BCUT2D eigenvalue weighted by molar-refractivity contribution is 7.99. The maximum atomic E-state index is 15.0. The minimum atomic E-state index is -0.600. The Morgan fingerprint density at radius 1 is 0.554 bits per heavy atom. The second kappa shape index (κ2) is 24.3. The standard InChI is InChI=1S/C40H52F2N8O4S2/c41-29-15-25(19-31(51)7-3-1-5-9-37(45)46)39(55-13-11-43)27(17-29)21-35(53)33-23-34(50-24-49-33)36(54)22-28-18-30(42)16-26(40(28)56-14-12-44)20-32(52)8-4-2-6-10-38(47)48/h15-18,23-24H,1-14,19-22,43-44H2,(H3,45,46)(H3,47,48). The Morgan fingerprint density at radius 2 is 0.911 bits per heavy atom. The molecule has 3 rings (SSSR count). The number of amidine groups is 2. The number of hydrogen-bond donors (Lipinski definition) is 6. The van der Waals surface area contributed by atoms with Crippen LogP contribution in [0.25, 0.3) is 0 Å². The molecule has 0 aliphatic carbocycles. The van der Waals surface area contributed by atoms with E-state index in [1.165, 1.54) is 53.9 Å². The van der Waals surface area contributed by atoms with Crippen molar-refractivity contribution < 1.29 is 28.0 Å². The summed E-state index contributed by atoms with van der Waals surface area (Å²) < 4.78 is 29.9. The van der Waals surface area contributed by atoms with Crippen LogP contribution in [0.4, 0.5) is 8.78 Å². The number of aromatic nitrogens is 2. The fourth-order valence-corrected chi connectivity index (χ4v) is 7.97. The van der Waals surface area contributed by atoms with Crippen molar-refractivity contribution in [3.63, 3.8) is 0 Å². The van der Waals surface area contributed by atoms with Crippen molar-refractivity contribution in [3.05, 3.63) is 81.9 Å². The number of benzene rings is 2. The molecule has 0 amide bonds. The van der Waals surface area contributed by atoms with E-state index in [2.05, 4.69) is 9.97 Å². The maximum Gasteiger partial charge on any atom is 0.185 e. The largest absolute Gasteiger partial charge is 0.388 e. The molecule has 56 heavy (non-hydrogen) atoms. The fraction of sp³-hybridized carbons (Fsp3) is 0.450. The van der Waals surface area contributed by atoms with Crippen LogP contribution in [-0.4, -0.2) is 69.4 Å². The average molecular weight is 811 g/mol. The first kappa shape index (κ1) is 46.0. The molecule has 16 heteroatoms. The van der Waals surface area contributed by atoms with E-state index in [0.717, 1.165) is 19.2 Å². The van der Waals surface area contributed by atoms with E-state index in [9.17, 15) is 28.0 Å². The zero-order valence-electron chi connectivity index (χ0n) is 31.6. The molecule has 1 aromatic heterocycles. The number of nitrogens with one attached hydrogen (secondary N) is 2. The number of Topliss-reactive ketones (excluding diaryl/α,β-unsaturated/α-hetero) is 4. The third-order valence-electron chi connectivity index (χ3n) is 8.66. The summed E-state index contributed by atoms with van der Waals surface area (Å²) >= 11 is 2.66. The summed E-state index contributed by atoms with van der Waals surface area (Å²) in [6.07, 6.45) is 6.14. The Morgan fingerprint density at radius 3 is 1.27 bits per heavy atom. The van der Waals surface area contributed by atoms with E-state index in [0.29, 0.717) is 95.2 Å². The van der Waals surface area contributed by atoms with Crippen molar-refractivity contribution in [1.82, 2.24) is 9.97 Å². The number of carbonyl (C=O) groups excluding carboxylic acids is 4. The van der Waals surface area contributed by atoms with Crippen LogP contribution in [0.3, 0.4) is 0 Å². The topological polar surface area (TPSA) is 246 Å². The lowest BCUT2D eigenvalue weighted by atomic mass is 9.98. The van der Waals surface area contributed by atoms with Crippen molar-refractivity contribution >= 4 is 58.3 Å². The number of ketones is 4. The number of nitrogens with zero attached hydrogens (tertiary/aromatic N) is 2. The van der Waals surface area contributed by atoms with Crippen molar-refractivity contribution in [2.24, 2.45) is 22.9 Å². The van der Waals surface area contributed by atoms with E-state index in [-0.39, 0.29) is 73.2 Å². The molecule has 0 saturated carbocycles. The zero-order chi connectivity index (χ0) is 41.0. The van der Waals surface area contributed by atoms with Gasteiger partial charge in [-0.2, -0.15) is 0 Å². The molecule has 0 fully saturated rings. The Bertz CT molecular complexity index is 1750. The van der Waals surface area contributed by atoms with Gasteiger partial charge in [0.1, 0.15) is 40.9 Å². The molecular weight excluding hydrogens is 759 g/mol. The Kier molecular flexibility index (Phi) is 20.0. The first-order valence-electron chi connectivity index (χ1n) is 18.7. The van der Waals surface area contributed by atoms with Gasteiger partial charge < -0.3 is 22.9 Å². The van der Waals surface area contributed by atoms with Crippen LogP contribution in [0.15, 0.2) is 46.5 Å². The third kappa shape index (κ3) is 16.0. The molecule has 1 heterocycles. The van der Waals surface area contributed by atoms with E-state index in [4.69, 9.17) is 33.8 Å². The Hall–Kier alpha value is -4.38. The second-order valence-corrected chi connectivity index (χ2v) is 15.7. The number of rotatable bonds is 28. The third-order valence-corrected chi connectivity index (χ3v) is 11.2. The van der Waals surface area contributed by atoms with Gasteiger partial charge in [0.15, 0.2) is 11.6 Å². The Balaban J connectivity index is 1.79. The van der Waals surface area contributed by atoms with Gasteiger partial charge >= 0.3 is 0 Å². The molecule has 0 radical (unpaired) electrons. The molecule has 0 aliphatic heterocycles. The molecule has 12 nitrogen and oxygen atoms in total. The summed E-state index contributed by atoms with van der Waals surface area (Å²) in [5.74, 6) is -1.23. The first-order valence-corrected chi connectivity index (χ1v) is 20.6. The molecule has 0 atom stereocenters. The molecular formula is C40H52F2N8O4S2. The predicted molar refractivity (Wildman–Crippen MR) is 218 cm³/mol. The van der Waals surface area contributed by atoms with Gasteiger partial charge in [-0.15, -0.1) is 23.5 Å². The van der Waals surface area contributed by atoms with Crippen LogP contribution in [-0.2, 0) is 35.3 Å². The van der Waals surface area contributed by atoms with E-state index >= 15 is 0 Å². The lowest BCUT2D eigenvalue weighted by Gasteiger charge is -2.15. The van der Waals surface area contributed by atoms with E-state index < -0.39 is 23.2 Å². The van der Waals surface area contributed by atoms with Crippen LogP contribution in [0.2, 0.25) is 0 Å². The van der Waals surface area contributed by atoms with Gasteiger partial charge in [-0.05, 0) is 78.3 Å². The summed E-state index contributed by atoms with van der Waals surface area (Å²) in [7, 11) is 0. The highest BCUT2D eigenvalue weighted by Gasteiger charge is 2.22. The summed E-state index contributed by atoms with van der Waals surface area (Å²) in [4.78, 5) is 62.4. The van der Waals surface area contributed by atoms with Gasteiger partial charge in [0.25, 0.3) is 0 Å². The van der Waals surface area contributed by atoms with E-state index in [1.54, 1.807) is 0 Å². The predicted octanol–water partition coefficient (Wildman–Crippen LogP) is 5.70. The van der Waals surface area contributed by atoms with Crippen LogP contribution >= 0.6 is 23.5 Å². The van der Waals surface area contributed by atoms with E-state index in [1.807, 2.05) is 0 Å². The van der Waals surface area contributed by atoms with Gasteiger partial charge in [-0.3, -0.25) is 30.0 Å². The summed E-state index contributed by atoms with van der Waals surface area (Å²) in [5.41, 5.74) is 23.8. The molecule has 3 aromatic rings. The lowest BCUT2D eigenvalue weighted by molar-refractivity contribution is -0.119. The highest BCUT2D eigenvalue weighted by atomic mass is 32.2. The number of nitrogens with two attached hydrogens (primary N) is 4. The summed E-state index contributed by atoms with van der Waals surface area (Å²) in [6.45, 7) is 0.629. The number of thioether (sulfide) groups is 2. The summed E-state index contributed by atoms with van der Waals surface area (Å²) in [5, 5.41) is 14.7. The first-order chi connectivity index (χ1) is 26.8. The molecule has 2 aromatic carbocycles. The summed E-state index contributed by atoms with van der Waals surface area (Å²) in [6, 6.07) is 6.36. The van der Waals surface area contributed by atoms with Crippen molar-refractivity contribution in [3.8, 4) is 0 Å². The SMILES string of the molecule is N=C(N)CCCCCC(=O)Cc1cc(F)cc(CC(=O)c2cc(C(=O)Cc3cc(F)cc(CC(=O)CCCCCC(=N)N)c3SCCN)ncn2)c1SCCN. The second-order valence-electron chi connectivity index (χ2n) is 13.5. The molecule has 0 aliphatic rings. The fourth-order valence-electron chi connectivity index (χ4n) is 6.06. The monoisotopic (exact) mass is 810 g/mol. The van der Waals surface area contributed by atoms with Gasteiger partial charge in [-0.1, -0.05) is 12.8 Å². The minimum Gasteiger partial charge on any atom is -0.388 e. The van der Waals surface area contributed by atoms with Gasteiger partial charge in [0, 0.05) is 85.8 Å². The quantitative estimate of drug-likeness (QED) is 0.0170. The van der Waals surface area contributed by atoms with Crippen LogP contribution < -0.4 is 22.9 Å². The molecule has 0 spiro atoms. The number of halogens is 2. The smallest absolute Gasteiger partial charge is 0.185 e. The van der Waals surface area contributed by atoms with Crippen LogP contribution in [0.5, 0.6) is 0 Å². The normalized spacial score (nSPS) is 11.1. The Labute approximate surface area is 335 Å². The van der Waals surface area contributed by atoms with Crippen LogP contribution in [0.1, 0.15) is 107 Å². The number of unbranched alkanes of at least 4 members (excludes halogenated alkanes) is 4. The van der Waals surface area contributed by atoms with Gasteiger partial charge in [0.05, 0.1) is 11.7 Å². The number of hydrogen-bond acceptors (Lipinski definition) is 12. The zero-order valence-corrected chi connectivity index (χ0v) is 33.2. The molecule has 10 N–H and O–H groups in total. The highest BCUT2D eigenvalue weighted by Crippen LogP contribution is 2.32. The van der Waals surface area contributed by atoms with Gasteiger partial charge in [0.2, 0.25) is 0 Å². The average Bonchev–Trinajstić information content (AvgIpc) is 3.13. The lowest BCUT2D eigenvalue weighted by Crippen LogP contribution is -2.14. The van der Waals surface area contributed by atoms with Crippen LogP contribution in [0, 0.1) is 22.5 Å². The molecule has 0 bridgehead atoms. The molecule has 0 saturated heterocycles. The minimum absolute atomic E-state index is 0.0194. The van der Waals surface area contributed by atoms with Crippen molar-refractivity contribution in [2.75, 3.05) is 24.6 Å². The van der Waals surface area contributed by atoms with Gasteiger partial charge in [-0.25, -0.2) is 18.7 Å². The van der Waals surface area contributed by atoms with Crippen molar-refractivity contribution in [2.45, 2.75) is 99.7 Å².